The van der Waals surface area contributed by atoms with E-state index >= 15 is 0 Å². The van der Waals surface area contributed by atoms with Crippen LogP contribution in [-0.2, 0) is 11.0 Å². The fraction of sp³-hybridized carbons (Fsp3) is 0.577. The van der Waals surface area contributed by atoms with Gasteiger partial charge < -0.3 is 14.8 Å². The van der Waals surface area contributed by atoms with Crippen molar-refractivity contribution in [2.24, 2.45) is 0 Å². The van der Waals surface area contributed by atoms with E-state index in [0.717, 1.165) is 29.8 Å². The standard InChI is InChI=1S/C26H34F3N5O2/c1-16-13-20(36)22-21(16)24(31-15-30-22)34-11-9-33(10-12-34)23(32-25(2,3)4)19(14-35)17-5-7-18(8-6-17)26(27,28)29/h5-8,14-16,19-20,23,32,36H,9-13H2,1-4H3/t16-,19?,20-,23?/m1/s1. The van der Waals surface area contributed by atoms with Crippen LogP contribution in [0.4, 0.5) is 19.0 Å². The van der Waals surface area contributed by atoms with E-state index in [-0.39, 0.29) is 11.5 Å². The molecule has 4 rings (SSSR count). The van der Waals surface area contributed by atoms with Crippen molar-refractivity contribution in [3.05, 3.63) is 53.0 Å². The Hall–Kier alpha value is -2.56. The van der Waals surface area contributed by atoms with Gasteiger partial charge >= 0.3 is 6.18 Å². The van der Waals surface area contributed by atoms with Gasteiger partial charge in [0.1, 0.15) is 18.4 Å². The van der Waals surface area contributed by atoms with Crippen LogP contribution < -0.4 is 10.2 Å². The fourth-order valence-electron chi connectivity index (χ4n) is 5.25. The van der Waals surface area contributed by atoms with Crippen LogP contribution >= 0.6 is 0 Å². The molecule has 0 amide bonds. The summed E-state index contributed by atoms with van der Waals surface area (Å²) in [6.07, 6.45) is -2.44. The van der Waals surface area contributed by atoms with Crippen LogP contribution in [0.15, 0.2) is 30.6 Å². The van der Waals surface area contributed by atoms with E-state index in [9.17, 15) is 23.1 Å². The summed E-state index contributed by atoms with van der Waals surface area (Å²) in [6, 6.07) is 4.85. The minimum Gasteiger partial charge on any atom is -0.387 e. The number of aromatic nitrogens is 2. The lowest BCUT2D eigenvalue weighted by Gasteiger charge is -2.44. The zero-order chi connectivity index (χ0) is 26.3. The summed E-state index contributed by atoms with van der Waals surface area (Å²) in [5, 5.41) is 13.9. The monoisotopic (exact) mass is 505 g/mol. The lowest BCUT2D eigenvalue weighted by Crippen LogP contribution is -2.60. The number of aliphatic hydroxyl groups is 1. The molecule has 0 spiro atoms. The van der Waals surface area contributed by atoms with E-state index in [1.54, 1.807) is 0 Å². The van der Waals surface area contributed by atoms with Crippen molar-refractivity contribution >= 4 is 12.1 Å². The minimum absolute atomic E-state index is 0.165. The average molecular weight is 506 g/mol. The normalized spacial score (nSPS) is 22.8. The highest BCUT2D eigenvalue weighted by molar-refractivity contribution is 5.63. The maximum Gasteiger partial charge on any atom is 0.416 e. The average Bonchev–Trinajstić information content (AvgIpc) is 3.11. The van der Waals surface area contributed by atoms with Crippen molar-refractivity contribution in [3.63, 3.8) is 0 Å². The zero-order valence-electron chi connectivity index (χ0n) is 21.1. The summed E-state index contributed by atoms with van der Waals surface area (Å²) in [7, 11) is 0. The molecule has 0 radical (unpaired) electrons. The molecule has 1 fully saturated rings. The maximum absolute atomic E-state index is 13.1. The molecule has 2 N–H and O–H groups in total. The van der Waals surface area contributed by atoms with Gasteiger partial charge in [-0.05, 0) is 50.8 Å². The number of benzene rings is 1. The highest BCUT2D eigenvalue weighted by atomic mass is 19.4. The molecule has 2 heterocycles. The van der Waals surface area contributed by atoms with Gasteiger partial charge in [-0.15, -0.1) is 0 Å². The molecule has 0 bridgehead atoms. The van der Waals surface area contributed by atoms with Crippen molar-refractivity contribution < 1.29 is 23.1 Å². The van der Waals surface area contributed by atoms with Crippen LogP contribution in [-0.4, -0.2) is 64.1 Å². The number of hydrogen-bond acceptors (Lipinski definition) is 7. The number of nitrogens with one attached hydrogen (secondary N) is 1. The Morgan fingerprint density at radius 3 is 2.28 bits per heavy atom. The lowest BCUT2D eigenvalue weighted by atomic mass is 9.93. The predicted molar refractivity (Wildman–Crippen MR) is 131 cm³/mol. The van der Waals surface area contributed by atoms with Gasteiger partial charge in [0.2, 0.25) is 0 Å². The van der Waals surface area contributed by atoms with E-state index in [2.05, 4.69) is 32.0 Å². The smallest absolute Gasteiger partial charge is 0.387 e. The summed E-state index contributed by atoms with van der Waals surface area (Å²) in [4.78, 5) is 25.5. The molecule has 2 unspecified atom stereocenters. The number of fused-ring (bicyclic) bond motifs is 1. The number of aliphatic hydroxyl groups excluding tert-OH is 1. The van der Waals surface area contributed by atoms with Gasteiger partial charge in [-0.3, -0.25) is 10.2 Å². The Balaban J connectivity index is 1.55. The number of anilines is 1. The van der Waals surface area contributed by atoms with E-state index in [1.165, 1.54) is 18.5 Å². The first kappa shape index (κ1) is 26.5. The van der Waals surface area contributed by atoms with Crippen LogP contribution in [0.2, 0.25) is 0 Å². The van der Waals surface area contributed by atoms with Gasteiger partial charge in [0.15, 0.2) is 0 Å². The van der Waals surface area contributed by atoms with Crippen molar-refractivity contribution in [1.82, 2.24) is 20.2 Å². The first-order chi connectivity index (χ1) is 16.9. The van der Waals surface area contributed by atoms with Crippen LogP contribution in [0, 0.1) is 0 Å². The van der Waals surface area contributed by atoms with Gasteiger partial charge in [0.05, 0.1) is 29.4 Å². The number of piperazine rings is 1. The number of nitrogens with zero attached hydrogens (tertiary/aromatic N) is 4. The largest absolute Gasteiger partial charge is 0.416 e. The number of alkyl halides is 3. The van der Waals surface area contributed by atoms with E-state index in [1.807, 2.05) is 20.8 Å². The number of halogens is 3. The molecule has 1 aromatic carbocycles. The Morgan fingerprint density at radius 2 is 1.72 bits per heavy atom. The molecule has 4 atom stereocenters. The maximum atomic E-state index is 13.1. The second-order valence-electron chi connectivity index (χ2n) is 10.8. The third-order valence-electron chi connectivity index (χ3n) is 6.98. The van der Waals surface area contributed by atoms with E-state index in [0.29, 0.717) is 43.9 Å². The van der Waals surface area contributed by atoms with Gasteiger partial charge in [-0.25, -0.2) is 9.97 Å². The third-order valence-corrected chi connectivity index (χ3v) is 6.98. The molecule has 10 heteroatoms. The summed E-state index contributed by atoms with van der Waals surface area (Å²) in [5.41, 5.74) is 1.18. The summed E-state index contributed by atoms with van der Waals surface area (Å²) >= 11 is 0. The van der Waals surface area contributed by atoms with Crippen LogP contribution in [0.25, 0.3) is 0 Å². The first-order valence-corrected chi connectivity index (χ1v) is 12.3. The molecular weight excluding hydrogens is 471 g/mol. The SMILES string of the molecule is C[C@@H]1C[C@@H](O)c2ncnc(N3CCN(C(NC(C)(C)C)C(C=O)c4ccc(C(F)(F)F)cc4)CC3)c21. The van der Waals surface area contributed by atoms with Crippen molar-refractivity contribution in [2.45, 2.75) is 69.9 Å². The minimum atomic E-state index is -4.43. The molecule has 1 saturated heterocycles. The van der Waals surface area contributed by atoms with Crippen molar-refractivity contribution in [3.8, 4) is 0 Å². The Kier molecular flexibility index (Phi) is 7.41. The molecule has 36 heavy (non-hydrogen) atoms. The van der Waals surface area contributed by atoms with Crippen LogP contribution in [0.3, 0.4) is 0 Å². The van der Waals surface area contributed by atoms with Gasteiger partial charge in [0, 0.05) is 37.3 Å². The lowest BCUT2D eigenvalue weighted by molar-refractivity contribution is -0.137. The van der Waals surface area contributed by atoms with Crippen LogP contribution in [0.5, 0.6) is 0 Å². The topological polar surface area (TPSA) is 81.6 Å². The summed E-state index contributed by atoms with van der Waals surface area (Å²) in [6.45, 7) is 10.7. The molecular formula is C26H34F3N5O2. The van der Waals surface area contributed by atoms with Crippen molar-refractivity contribution in [2.75, 3.05) is 31.1 Å². The molecule has 2 aromatic rings. The van der Waals surface area contributed by atoms with Crippen molar-refractivity contribution in [1.29, 1.82) is 0 Å². The van der Waals surface area contributed by atoms with E-state index in [4.69, 9.17) is 0 Å². The highest BCUT2D eigenvalue weighted by Crippen LogP contribution is 2.43. The van der Waals surface area contributed by atoms with Gasteiger partial charge in [-0.2, -0.15) is 13.2 Å². The Morgan fingerprint density at radius 1 is 1.08 bits per heavy atom. The Bertz CT molecular complexity index is 1060. The second kappa shape index (κ2) is 10.1. The summed E-state index contributed by atoms with van der Waals surface area (Å²) < 4.78 is 39.2. The molecule has 2 aliphatic rings. The van der Waals surface area contributed by atoms with E-state index < -0.39 is 29.9 Å². The molecule has 196 valence electrons. The Labute approximate surface area is 209 Å². The summed E-state index contributed by atoms with van der Waals surface area (Å²) in [5.74, 6) is 0.369. The number of hydrogen-bond donors (Lipinski definition) is 2. The number of rotatable bonds is 6. The number of carbonyl (C=O) groups is 1. The molecule has 1 aliphatic carbocycles. The fourth-order valence-corrected chi connectivity index (χ4v) is 5.25. The molecule has 1 aromatic heterocycles. The third kappa shape index (κ3) is 5.55. The van der Waals surface area contributed by atoms with Crippen LogP contribution in [0.1, 0.15) is 74.4 Å². The molecule has 0 saturated carbocycles. The quantitative estimate of drug-likeness (QED) is 0.577. The number of aldehydes is 1. The van der Waals surface area contributed by atoms with Gasteiger partial charge in [-0.1, -0.05) is 19.1 Å². The zero-order valence-corrected chi connectivity index (χ0v) is 21.1. The first-order valence-electron chi connectivity index (χ1n) is 12.3. The van der Waals surface area contributed by atoms with Gasteiger partial charge in [0.25, 0.3) is 0 Å². The predicted octanol–water partition coefficient (Wildman–Crippen LogP) is 3.85. The molecule has 1 aliphatic heterocycles. The highest BCUT2D eigenvalue weighted by Gasteiger charge is 2.37. The molecule has 7 nitrogen and oxygen atoms in total. The number of carbonyl (C=O) groups excluding carboxylic acids is 1. The second-order valence-corrected chi connectivity index (χ2v) is 10.8.